The van der Waals surface area contributed by atoms with Crippen molar-refractivity contribution in [2.45, 2.75) is 51.1 Å². The van der Waals surface area contributed by atoms with Crippen LogP contribution in [-0.4, -0.2) is 17.1 Å². The Hall–Kier alpha value is -0.180. The third-order valence-electron chi connectivity index (χ3n) is 2.78. The normalized spacial score (nSPS) is 38.2. The molecule has 1 rings (SSSR count). The van der Waals surface area contributed by atoms with Crippen molar-refractivity contribution in [2.24, 2.45) is 5.92 Å². The summed E-state index contributed by atoms with van der Waals surface area (Å²) < 4.78 is 24.7. The summed E-state index contributed by atoms with van der Waals surface area (Å²) in [7, 11) is 0. The van der Waals surface area contributed by atoms with Gasteiger partial charge in [-0.25, -0.2) is 8.78 Å². The lowest BCUT2D eigenvalue weighted by Crippen LogP contribution is -2.36. The number of hydrogen-bond donors (Lipinski definition) is 1. The molecule has 0 aromatic heterocycles. The highest BCUT2D eigenvalue weighted by Gasteiger charge is 2.38. The minimum atomic E-state index is -2.58. The third-order valence-corrected chi connectivity index (χ3v) is 2.78. The summed E-state index contributed by atoms with van der Waals surface area (Å²) in [6.07, 6.45) is 0.349. The van der Waals surface area contributed by atoms with Gasteiger partial charge in [0.15, 0.2) is 0 Å². The van der Waals surface area contributed by atoms with E-state index in [0.29, 0.717) is 5.92 Å². The minimum absolute atomic E-state index is 0.256. The average molecular weight is 178 g/mol. The third kappa shape index (κ3) is 2.16. The molecule has 0 aromatic carbocycles. The molecule has 1 saturated carbocycles. The van der Waals surface area contributed by atoms with Crippen molar-refractivity contribution in [3.05, 3.63) is 0 Å². The maximum Gasteiger partial charge on any atom is 0.266 e. The van der Waals surface area contributed by atoms with E-state index in [1.54, 1.807) is 0 Å². The maximum atomic E-state index is 12.4. The zero-order chi connectivity index (χ0) is 9.19. The van der Waals surface area contributed by atoms with Gasteiger partial charge < -0.3 is 5.11 Å². The van der Waals surface area contributed by atoms with Crippen molar-refractivity contribution in [1.82, 2.24) is 0 Å². The minimum Gasteiger partial charge on any atom is -0.384 e. The van der Waals surface area contributed by atoms with E-state index >= 15 is 0 Å². The first-order valence-corrected chi connectivity index (χ1v) is 4.55. The summed E-state index contributed by atoms with van der Waals surface area (Å²) in [4.78, 5) is 0. The van der Waals surface area contributed by atoms with Gasteiger partial charge in [-0.05, 0) is 25.2 Å². The van der Waals surface area contributed by atoms with Gasteiger partial charge >= 0.3 is 0 Å². The van der Waals surface area contributed by atoms with Crippen molar-refractivity contribution in [1.29, 1.82) is 0 Å². The van der Waals surface area contributed by atoms with Crippen molar-refractivity contribution in [2.75, 3.05) is 0 Å². The van der Waals surface area contributed by atoms with Gasteiger partial charge in [0.25, 0.3) is 6.43 Å². The van der Waals surface area contributed by atoms with E-state index in [-0.39, 0.29) is 12.8 Å². The van der Waals surface area contributed by atoms with Crippen LogP contribution in [0, 0.1) is 5.92 Å². The zero-order valence-corrected chi connectivity index (χ0v) is 7.39. The average Bonchev–Trinajstić information content (AvgIpc) is 2.15. The molecular weight excluding hydrogens is 162 g/mol. The molecule has 0 spiro atoms. The number of alkyl halides is 2. The van der Waals surface area contributed by atoms with Crippen LogP contribution < -0.4 is 0 Å². The highest BCUT2D eigenvalue weighted by Crippen LogP contribution is 2.34. The molecule has 0 amide bonds. The molecule has 1 aliphatic rings. The van der Waals surface area contributed by atoms with Gasteiger partial charge in [0.1, 0.15) is 5.60 Å². The molecule has 1 nitrogen and oxygen atoms in total. The van der Waals surface area contributed by atoms with Crippen LogP contribution in [0.4, 0.5) is 8.78 Å². The lowest BCUT2D eigenvalue weighted by molar-refractivity contribution is -0.105. The molecule has 0 radical (unpaired) electrons. The van der Waals surface area contributed by atoms with Crippen LogP contribution in [0.25, 0.3) is 0 Å². The fourth-order valence-corrected chi connectivity index (χ4v) is 1.74. The Balaban J connectivity index is 2.55. The zero-order valence-electron chi connectivity index (χ0n) is 7.39. The lowest BCUT2D eigenvalue weighted by Gasteiger charge is -2.25. The molecule has 3 heteroatoms. The molecule has 0 aliphatic heterocycles. The fourth-order valence-electron chi connectivity index (χ4n) is 1.74. The summed E-state index contributed by atoms with van der Waals surface area (Å²) in [5.74, 6) is 0.484. The van der Waals surface area contributed by atoms with E-state index in [1.807, 2.05) is 0 Å². The summed E-state index contributed by atoms with van der Waals surface area (Å²) in [5.41, 5.74) is -1.69. The Morgan fingerprint density at radius 1 is 1.33 bits per heavy atom. The molecule has 12 heavy (non-hydrogen) atoms. The van der Waals surface area contributed by atoms with E-state index in [4.69, 9.17) is 0 Å². The lowest BCUT2D eigenvalue weighted by atomic mass is 9.94. The summed E-state index contributed by atoms with van der Waals surface area (Å²) in [5, 5.41) is 9.50. The number of aliphatic hydroxyl groups is 1. The molecule has 0 bridgehead atoms. The van der Waals surface area contributed by atoms with Crippen LogP contribution in [-0.2, 0) is 0 Å². The predicted octanol–water partition coefficient (Wildman–Crippen LogP) is 2.58. The highest BCUT2D eigenvalue weighted by atomic mass is 19.3. The topological polar surface area (TPSA) is 20.2 Å². The van der Waals surface area contributed by atoms with Gasteiger partial charge in [0.05, 0.1) is 0 Å². The fraction of sp³-hybridized carbons (Fsp3) is 1.00. The Bertz CT molecular complexity index is 149. The van der Waals surface area contributed by atoms with Crippen LogP contribution in [0.1, 0.15) is 39.0 Å². The summed E-state index contributed by atoms with van der Waals surface area (Å²) in [6.45, 7) is 2.05. The largest absolute Gasteiger partial charge is 0.384 e. The molecule has 1 fully saturated rings. The highest BCUT2D eigenvalue weighted by molar-refractivity contribution is 4.84. The quantitative estimate of drug-likeness (QED) is 0.612. The number of rotatable bonds is 1. The Morgan fingerprint density at radius 2 is 2.00 bits per heavy atom. The van der Waals surface area contributed by atoms with Crippen LogP contribution in [0.15, 0.2) is 0 Å². The van der Waals surface area contributed by atoms with Crippen LogP contribution >= 0.6 is 0 Å². The summed E-state index contributed by atoms with van der Waals surface area (Å²) in [6, 6.07) is 0. The first-order valence-electron chi connectivity index (χ1n) is 4.55. The van der Waals surface area contributed by atoms with Crippen molar-refractivity contribution < 1.29 is 13.9 Å². The monoisotopic (exact) mass is 178 g/mol. The molecule has 0 heterocycles. The maximum absolute atomic E-state index is 12.4. The van der Waals surface area contributed by atoms with Gasteiger partial charge in [-0.3, -0.25) is 0 Å². The smallest absolute Gasteiger partial charge is 0.266 e. The van der Waals surface area contributed by atoms with Gasteiger partial charge in [0, 0.05) is 0 Å². The Labute approximate surface area is 71.8 Å². The SMILES string of the molecule is CC1CCCC(O)(C(F)F)CC1. The van der Waals surface area contributed by atoms with Crippen molar-refractivity contribution >= 4 is 0 Å². The Kier molecular flexibility index (Phi) is 3.04. The van der Waals surface area contributed by atoms with E-state index in [1.165, 1.54) is 0 Å². The van der Waals surface area contributed by atoms with Crippen LogP contribution in [0.5, 0.6) is 0 Å². The summed E-state index contributed by atoms with van der Waals surface area (Å²) >= 11 is 0. The second kappa shape index (κ2) is 3.69. The molecule has 0 aromatic rings. The van der Waals surface area contributed by atoms with Gasteiger partial charge in [-0.15, -0.1) is 0 Å². The standard InChI is InChI=1S/C9H16F2O/c1-7-3-2-5-9(12,6-4-7)8(10)11/h7-8,12H,2-6H2,1H3. The van der Waals surface area contributed by atoms with E-state index in [2.05, 4.69) is 6.92 Å². The molecular formula is C9H16F2O. The van der Waals surface area contributed by atoms with E-state index in [0.717, 1.165) is 19.3 Å². The molecule has 0 saturated heterocycles. The first kappa shape index (κ1) is 9.90. The predicted molar refractivity (Wildman–Crippen MR) is 43.2 cm³/mol. The molecule has 1 N–H and O–H groups in total. The van der Waals surface area contributed by atoms with Crippen LogP contribution in [0.3, 0.4) is 0 Å². The van der Waals surface area contributed by atoms with Crippen molar-refractivity contribution in [3.8, 4) is 0 Å². The second-order valence-corrected chi connectivity index (χ2v) is 3.94. The van der Waals surface area contributed by atoms with Crippen LogP contribution in [0.2, 0.25) is 0 Å². The van der Waals surface area contributed by atoms with Gasteiger partial charge in [-0.1, -0.05) is 19.8 Å². The molecule has 2 atom stereocenters. The van der Waals surface area contributed by atoms with Gasteiger partial charge in [0.2, 0.25) is 0 Å². The Morgan fingerprint density at radius 3 is 2.58 bits per heavy atom. The van der Waals surface area contributed by atoms with E-state index in [9.17, 15) is 13.9 Å². The van der Waals surface area contributed by atoms with Crippen molar-refractivity contribution in [3.63, 3.8) is 0 Å². The number of hydrogen-bond acceptors (Lipinski definition) is 1. The molecule has 72 valence electrons. The van der Waals surface area contributed by atoms with E-state index < -0.39 is 12.0 Å². The number of halogens is 2. The first-order chi connectivity index (χ1) is 5.54. The second-order valence-electron chi connectivity index (χ2n) is 3.94. The molecule has 1 aliphatic carbocycles. The molecule has 2 unspecified atom stereocenters. The van der Waals surface area contributed by atoms with Gasteiger partial charge in [-0.2, -0.15) is 0 Å².